The first-order valence-electron chi connectivity index (χ1n) is 11.6. The molecule has 0 saturated heterocycles. The van der Waals surface area contributed by atoms with Crippen LogP contribution >= 0.6 is 0 Å². The molecule has 9 heteroatoms. The number of nitrogens with one attached hydrogen (secondary N) is 2. The quantitative estimate of drug-likeness (QED) is 0.329. The van der Waals surface area contributed by atoms with Crippen molar-refractivity contribution in [3.05, 3.63) is 119 Å². The van der Waals surface area contributed by atoms with Gasteiger partial charge in [-0.2, -0.15) is 5.26 Å². The maximum atomic E-state index is 12.8. The molecule has 190 valence electrons. The number of nitrogens with two attached hydrogens (primary N) is 1. The molecular weight excluding hydrogens is 500 g/mol. The van der Waals surface area contributed by atoms with Crippen LogP contribution in [0.2, 0.25) is 0 Å². The number of rotatable bonds is 7. The Labute approximate surface area is 220 Å². The van der Waals surface area contributed by atoms with Crippen molar-refractivity contribution in [2.75, 3.05) is 5.32 Å². The van der Waals surface area contributed by atoms with Crippen LogP contribution in [0.1, 0.15) is 37.4 Å². The lowest BCUT2D eigenvalue weighted by molar-refractivity contribution is 0.0950. The number of sulfonamides is 1. The monoisotopic (exact) mass is 524 g/mol. The minimum absolute atomic E-state index is 0.00690. The van der Waals surface area contributed by atoms with Gasteiger partial charge in [0.25, 0.3) is 11.8 Å². The van der Waals surface area contributed by atoms with E-state index in [1.165, 1.54) is 12.1 Å². The highest BCUT2D eigenvalue weighted by Gasteiger charge is 2.12. The Bertz CT molecular complexity index is 1660. The van der Waals surface area contributed by atoms with E-state index in [1.54, 1.807) is 60.7 Å². The molecule has 0 aliphatic rings. The third kappa shape index (κ3) is 6.31. The van der Waals surface area contributed by atoms with Gasteiger partial charge in [-0.25, -0.2) is 13.6 Å². The highest BCUT2D eigenvalue weighted by Crippen LogP contribution is 2.25. The van der Waals surface area contributed by atoms with Crippen LogP contribution in [0.4, 0.5) is 5.69 Å². The van der Waals surface area contributed by atoms with Gasteiger partial charge in [0.1, 0.15) is 0 Å². The molecule has 0 radical (unpaired) electrons. The number of hydrogen-bond acceptors (Lipinski definition) is 5. The number of anilines is 1. The zero-order chi connectivity index (χ0) is 27.3. The maximum absolute atomic E-state index is 12.8. The summed E-state index contributed by atoms with van der Waals surface area (Å²) in [5.74, 6) is -0.578. The molecule has 4 rings (SSSR count). The van der Waals surface area contributed by atoms with Gasteiger partial charge in [0, 0.05) is 23.4 Å². The molecule has 8 nitrogen and oxygen atoms in total. The van der Waals surface area contributed by atoms with Crippen LogP contribution in [0.5, 0.6) is 0 Å². The van der Waals surface area contributed by atoms with Gasteiger partial charge in [0.2, 0.25) is 10.0 Å². The summed E-state index contributed by atoms with van der Waals surface area (Å²) in [6, 6.07) is 27.1. The first-order chi connectivity index (χ1) is 18.1. The van der Waals surface area contributed by atoms with Crippen molar-refractivity contribution >= 4 is 27.5 Å². The number of hydrogen-bond donors (Lipinski definition) is 3. The summed E-state index contributed by atoms with van der Waals surface area (Å²) < 4.78 is 22.8. The predicted molar refractivity (Wildman–Crippen MR) is 145 cm³/mol. The zero-order valence-electron chi connectivity index (χ0n) is 20.4. The number of nitriles is 1. The Morgan fingerprint density at radius 2 is 1.55 bits per heavy atom. The molecule has 0 saturated carbocycles. The van der Waals surface area contributed by atoms with Gasteiger partial charge in [-0.15, -0.1) is 0 Å². The highest BCUT2D eigenvalue weighted by molar-refractivity contribution is 7.89. The second-order valence-corrected chi connectivity index (χ2v) is 10.2. The van der Waals surface area contributed by atoms with Crippen LogP contribution in [0.25, 0.3) is 11.1 Å². The molecule has 38 heavy (non-hydrogen) atoms. The van der Waals surface area contributed by atoms with E-state index in [2.05, 4.69) is 10.6 Å². The van der Waals surface area contributed by atoms with Crippen LogP contribution in [-0.4, -0.2) is 20.2 Å². The van der Waals surface area contributed by atoms with E-state index in [4.69, 9.17) is 10.4 Å². The SMILES string of the molecule is Cc1ccc(C(=O)NCc2ccc(S(N)(=O)=O)cc2)cc1-c1ccc(C(=O)Nc2cccc(C#N)c2)cc1. The fourth-order valence-corrected chi connectivity index (χ4v) is 4.34. The lowest BCUT2D eigenvalue weighted by Gasteiger charge is -2.11. The molecule has 2 amide bonds. The average molecular weight is 525 g/mol. The van der Waals surface area contributed by atoms with E-state index in [9.17, 15) is 18.0 Å². The molecule has 0 unspecified atom stereocenters. The Hall–Kier alpha value is -4.78. The highest BCUT2D eigenvalue weighted by atomic mass is 32.2. The fourth-order valence-electron chi connectivity index (χ4n) is 3.83. The van der Waals surface area contributed by atoms with Gasteiger partial charge in [0.15, 0.2) is 0 Å². The molecule has 0 heterocycles. The summed E-state index contributed by atoms with van der Waals surface area (Å²) in [7, 11) is -3.77. The van der Waals surface area contributed by atoms with Crippen LogP contribution in [-0.2, 0) is 16.6 Å². The number of carbonyl (C=O) groups is 2. The molecule has 0 aliphatic heterocycles. The molecule has 4 aromatic rings. The molecule has 0 aromatic heterocycles. The lowest BCUT2D eigenvalue weighted by atomic mass is 9.97. The van der Waals surface area contributed by atoms with Crippen LogP contribution in [0.15, 0.2) is 95.9 Å². The molecule has 4 aromatic carbocycles. The maximum Gasteiger partial charge on any atom is 0.255 e. The first kappa shape index (κ1) is 26.3. The second-order valence-electron chi connectivity index (χ2n) is 8.63. The number of aryl methyl sites for hydroxylation is 1. The van der Waals surface area contributed by atoms with E-state index in [0.29, 0.717) is 22.4 Å². The van der Waals surface area contributed by atoms with E-state index in [-0.39, 0.29) is 23.3 Å². The summed E-state index contributed by atoms with van der Waals surface area (Å²) in [5, 5.41) is 19.8. The second kappa shape index (κ2) is 11.1. The summed E-state index contributed by atoms with van der Waals surface area (Å²) in [4.78, 5) is 25.5. The Morgan fingerprint density at radius 3 is 2.21 bits per heavy atom. The van der Waals surface area contributed by atoms with Crippen molar-refractivity contribution in [1.82, 2.24) is 5.32 Å². The Balaban J connectivity index is 1.45. The van der Waals surface area contributed by atoms with Gasteiger partial charge in [-0.3, -0.25) is 9.59 Å². The number of nitrogens with zero attached hydrogens (tertiary/aromatic N) is 1. The van der Waals surface area contributed by atoms with Gasteiger partial charge >= 0.3 is 0 Å². The van der Waals surface area contributed by atoms with Crippen molar-refractivity contribution in [1.29, 1.82) is 5.26 Å². The smallest absolute Gasteiger partial charge is 0.255 e. The minimum atomic E-state index is -3.77. The number of primary sulfonamides is 1. The zero-order valence-corrected chi connectivity index (χ0v) is 21.2. The summed E-state index contributed by atoms with van der Waals surface area (Å²) in [6.45, 7) is 2.15. The third-order valence-electron chi connectivity index (χ3n) is 5.91. The molecular formula is C29H24N4O4S. The Morgan fingerprint density at radius 1 is 0.868 bits per heavy atom. The van der Waals surface area contributed by atoms with Crippen LogP contribution in [0.3, 0.4) is 0 Å². The molecule has 0 atom stereocenters. The minimum Gasteiger partial charge on any atom is -0.348 e. The van der Waals surface area contributed by atoms with Crippen molar-refractivity contribution in [2.24, 2.45) is 5.14 Å². The summed E-state index contributed by atoms with van der Waals surface area (Å²) in [5.41, 5.74) is 5.30. The first-order valence-corrected chi connectivity index (χ1v) is 13.1. The van der Waals surface area contributed by atoms with Crippen molar-refractivity contribution in [2.45, 2.75) is 18.4 Å². The van der Waals surface area contributed by atoms with Crippen molar-refractivity contribution < 1.29 is 18.0 Å². The summed E-state index contributed by atoms with van der Waals surface area (Å²) in [6.07, 6.45) is 0. The van der Waals surface area contributed by atoms with E-state index >= 15 is 0 Å². The predicted octanol–water partition coefficient (Wildman–Crippen LogP) is 4.36. The normalized spacial score (nSPS) is 10.9. The lowest BCUT2D eigenvalue weighted by Crippen LogP contribution is -2.23. The summed E-state index contributed by atoms with van der Waals surface area (Å²) >= 11 is 0. The fraction of sp³-hybridized carbons (Fsp3) is 0.0690. The van der Waals surface area contributed by atoms with Gasteiger partial charge in [0.05, 0.1) is 16.5 Å². The van der Waals surface area contributed by atoms with Gasteiger partial charge < -0.3 is 10.6 Å². The third-order valence-corrected chi connectivity index (χ3v) is 6.84. The molecule has 0 fully saturated rings. The number of benzene rings is 4. The molecule has 0 spiro atoms. The largest absolute Gasteiger partial charge is 0.348 e. The standard InChI is InChI=1S/C29H24N4O4S/c1-19-5-8-24(28(34)32-18-20-6-13-26(14-7-20)38(31,36)37)16-27(19)22-9-11-23(12-10-22)29(35)33-25-4-2-3-21(15-25)17-30/h2-16H,18H2,1H3,(H,32,34)(H,33,35)(H2,31,36,37). The number of amides is 2. The molecule has 0 aliphatic carbocycles. The molecule has 4 N–H and O–H groups in total. The average Bonchev–Trinajstić information content (AvgIpc) is 2.92. The van der Waals surface area contributed by atoms with Crippen LogP contribution in [0, 0.1) is 18.3 Å². The Kier molecular flexibility index (Phi) is 7.67. The van der Waals surface area contributed by atoms with Crippen molar-refractivity contribution in [3.8, 4) is 17.2 Å². The van der Waals surface area contributed by atoms with E-state index in [1.807, 2.05) is 31.2 Å². The number of carbonyl (C=O) groups excluding carboxylic acids is 2. The van der Waals surface area contributed by atoms with Gasteiger partial charge in [-0.05, 0) is 83.8 Å². The molecule has 0 bridgehead atoms. The van der Waals surface area contributed by atoms with Crippen LogP contribution < -0.4 is 15.8 Å². The van der Waals surface area contributed by atoms with Gasteiger partial charge in [-0.1, -0.05) is 36.4 Å². The van der Waals surface area contributed by atoms with E-state index < -0.39 is 10.0 Å². The van der Waals surface area contributed by atoms with Crippen molar-refractivity contribution in [3.63, 3.8) is 0 Å². The van der Waals surface area contributed by atoms with E-state index in [0.717, 1.165) is 22.3 Å². The topological polar surface area (TPSA) is 142 Å².